The molecule has 0 radical (unpaired) electrons. The highest BCUT2D eigenvalue weighted by Gasteiger charge is 2.30. The third kappa shape index (κ3) is 6.50. The third-order valence-corrected chi connectivity index (χ3v) is 7.11. The average molecular weight is 571 g/mol. The van der Waals surface area contributed by atoms with Crippen molar-refractivity contribution in [2.24, 2.45) is 0 Å². The molecule has 11 heteroatoms. The smallest absolute Gasteiger partial charge is 0.338 e. The molecule has 0 aliphatic carbocycles. The van der Waals surface area contributed by atoms with Gasteiger partial charge in [-0.25, -0.2) is 4.79 Å². The molecule has 208 valence electrons. The minimum absolute atomic E-state index is 0.207. The predicted octanol–water partition coefficient (Wildman–Crippen LogP) is 3.43. The van der Waals surface area contributed by atoms with E-state index in [0.717, 1.165) is 16.7 Å². The monoisotopic (exact) mass is 570 g/mol. The number of carbonyl (C=O) groups excluding carboxylic acids is 3. The second kappa shape index (κ2) is 12.6. The number of methoxy groups -OCH3 is 1. The Balaban J connectivity index is 1.36. The minimum atomic E-state index is -0.807. The molecule has 1 aliphatic heterocycles. The number of rotatable bonds is 8. The van der Waals surface area contributed by atoms with E-state index in [1.54, 1.807) is 41.3 Å². The summed E-state index contributed by atoms with van der Waals surface area (Å²) in [4.78, 5) is 40.9. The third-order valence-electron chi connectivity index (χ3n) is 6.88. The minimum Gasteiger partial charge on any atom is -0.465 e. The number of hydrogen-bond acceptors (Lipinski definition) is 7. The quantitative estimate of drug-likeness (QED) is 0.255. The molecule has 0 saturated heterocycles. The van der Waals surface area contributed by atoms with E-state index in [-0.39, 0.29) is 5.91 Å². The average Bonchev–Trinajstić information content (AvgIpc) is 3.54. The van der Waals surface area contributed by atoms with Crippen LogP contribution in [0.4, 0.5) is 0 Å². The Bertz CT molecular complexity index is 1590. The zero-order valence-corrected chi connectivity index (χ0v) is 23.0. The Morgan fingerprint density at radius 3 is 2.68 bits per heavy atom. The second-order valence-corrected chi connectivity index (χ2v) is 9.92. The van der Waals surface area contributed by atoms with Crippen LogP contribution in [0.5, 0.6) is 0 Å². The van der Waals surface area contributed by atoms with Crippen LogP contribution in [-0.4, -0.2) is 62.6 Å². The second-order valence-electron chi connectivity index (χ2n) is 9.49. The summed E-state index contributed by atoms with van der Waals surface area (Å²) in [7, 11) is 1.35. The molecule has 3 aromatic carbocycles. The van der Waals surface area contributed by atoms with Crippen molar-refractivity contribution < 1.29 is 19.1 Å². The molecule has 1 atom stereocenters. The fourth-order valence-electron chi connectivity index (χ4n) is 4.89. The number of nitrogens with one attached hydrogen (secondary N) is 1. The lowest BCUT2D eigenvalue weighted by molar-refractivity contribution is -0.136. The molecule has 41 heavy (non-hydrogen) atoms. The fraction of sp³-hybridized carbons (Fsp3) is 0.200. The van der Waals surface area contributed by atoms with Crippen LogP contribution in [0.1, 0.15) is 32.6 Å². The van der Waals surface area contributed by atoms with Crippen molar-refractivity contribution in [2.45, 2.75) is 25.4 Å². The number of esters is 1. The zero-order chi connectivity index (χ0) is 28.8. The standard InChI is InChI=1S/C30H27ClN6O4/c1-41-30(40)25-9-5-8-22-18-36(15-14-24(22)25)29(39)26(16-20-6-3-2-4-7-20)33-28(38)13-10-21-17-23(31)11-12-27(21)37-19-32-34-35-37/h2-13,17,19,26H,14-16,18H2,1H3,(H,33,38)/t26-/m0/s1. The van der Waals surface area contributed by atoms with Gasteiger partial charge in [0.2, 0.25) is 11.8 Å². The fourth-order valence-corrected chi connectivity index (χ4v) is 5.07. The number of nitrogens with zero attached hydrogens (tertiary/aromatic N) is 5. The molecular formula is C30H27ClN6O4. The summed E-state index contributed by atoms with van der Waals surface area (Å²) >= 11 is 6.20. The molecule has 2 heterocycles. The molecule has 0 fully saturated rings. The van der Waals surface area contributed by atoms with Gasteiger partial charge in [-0.05, 0) is 63.9 Å². The van der Waals surface area contributed by atoms with Gasteiger partial charge in [0.25, 0.3) is 0 Å². The maximum atomic E-state index is 13.8. The van der Waals surface area contributed by atoms with Gasteiger partial charge >= 0.3 is 5.97 Å². The highest BCUT2D eigenvalue weighted by Crippen LogP contribution is 2.24. The molecular weight excluding hydrogens is 544 g/mol. The van der Waals surface area contributed by atoms with Crippen LogP contribution in [-0.2, 0) is 33.7 Å². The molecule has 0 spiro atoms. The van der Waals surface area contributed by atoms with Gasteiger partial charge in [0, 0.05) is 36.2 Å². The lowest BCUT2D eigenvalue weighted by Gasteiger charge is -2.32. The first-order chi connectivity index (χ1) is 19.9. The van der Waals surface area contributed by atoms with Crippen LogP contribution >= 0.6 is 11.6 Å². The van der Waals surface area contributed by atoms with Gasteiger partial charge < -0.3 is 15.0 Å². The van der Waals surface area contributed by atoms with Crippen LogP contribution in [0.25, 0.3) is 11.8 Å². The number of benzene rings is 3. The number of hydrogen-bond donors (Lipinski definition) is 1. The number of aromatic nitrogens is 4. The van der Waals surface area contributed by atoms with Gasteiger partial charge in [-0.1, -0.05) is 54.1 Å². The number of carbonyl (C=O) groups is 3. The van der Waals surface area contributed by atoms with Crippen molar-refractivity contribution in [3.8, 4) is 5.69 Å². The Hall–Kier alpha value is -4.83. The molecule has 5 rings (SSSR count). The van der Waals surface area contributed by atoms with Crippen LogP contribution in [0.15, 0.2) is 79.1 Å². The number of fused-ring (bicyclic) bond motifs is 1. The van der Waals surface area contributed by atoms with E-state index >= 15 is 0 Å². The van der Waals surface area contributed by atoms with Gasteiger partial charge in [0.1, 0.15) is 12.4 Å². The summed E-state index contributed by atoms with van der Waals surface area (Å²) < 4.78 is 6.39. The summed E-state index contributed by atoms with van der Waals surface area (Å²) in [5.74, 6) is -1.04. The van der Waals surface area contributed by atoms with E-state index < -0.39 is 17.9 Å². The molecule has 2 amide bonds. The topological polar surface area (TPSA) is 119 Å². The Kier molecular flexibility index (Phi) is 8.50. The van der Waals surface area contributed by atoms with Crippen molar-refractivity contribution in [3.05, 3.63) is 112 Å². The Morgan fingerprint density at radius 2 is 1.93 bits per heavy atom. The van der Waals surface area contributed by atoms with E-state index in [2.05, 4.69) is 20.8 Å². The molecule has 0 bridgehead atoms. The molecule has 1 N–H and O–H groups in total. The van der Waals surface area contributed by atoms with Crippen LogP contribution in [0, 0.1) is 0 Å². The molecule has 0 unspecified atom stereocenters. The number of ether oxygens (including phenoxy) is 1. The van der Waals surface area contributed by atoms with Gasteiger partial charge in [0.05, 0.1) is 18.4 Å². The summed E-state index contributed by atoms with van der Waals surface area (Å²) in [6, 6.07) is 19.3. The summed E-state index contributed by atoms with van der Waals surface area (Å²) in [6.45, 7) is 0.739. The molecule has 10 nitrogen and oxygen atoms in total. The highest BCUT2D eigenvalue weighted by atomic mass is 35.5. The number of amides is 2. The van der Waals surface area contributed by atoms with Gasteiger partial charge in [0.15, 0.2) is 0 Å². The first kappa shape index (κ1) is 27.7. The van der Waals surface area contributed by atoms with Gasteiger partial charge in [-0.3, -0.25) is 9.59 Å². The van der Waals surface area contributed by atoms with Crippen LogP contribution < -0.4 is 5.32 Å². The van der Waals surface area contributed by atoms with E-state index in [1.807, 2.05) is 36.4 Å². The summed E-state index contributed by atoms with van der Waals surface area (Å²) in [5.41, 5.74) is 4.46. The summed E-state index contributed by atoms with van der Waals surface area (Å²) in [6.07, 6.45) is 5.23. The van der Waals surface area contributed by atoms with Crippen molar-refractivity contribution in [2.75, 3.05) is 13.7 Å². The highest BCUT2D eigenvalue weighted by molar-refractivity contribution is 6.30. The molecule has 1 aromatic heterocycles. The molecule has 4 aromatic rings. The molecule has 0 saturated carbocycles. The van der Waals surface area contributed by atoms with Crippen LogP contribution in [0.3, 0.4) is 0 Å². The lowest BCUT2D eigenvalue weighted by atomic mass is 9.93. The Labute approximate surface area is 241 Å². The van der Waals surface area contributed by atoms with E-state index in [9.17, 15) is 14.4 Å². The van der Waals surface area contributed by atoms with E-state index in [1.165, 1.54) is 24.2 Å². The summed E-state index contributed by atoms with van der Waals surface area (Å²) in [5, 5.41) is 14.6. The largest absolute Gasteiger partial charge is 0.465 e. The van der Waals surface area contributed by atoms with Crippen molar-refractivity contribution in [1.82, 2.24) is 30.4 Å². The number of tetrazole rings is 1. The predicted molar refractivity (Wildman–Crippen MR) is 152 cm³/mol. The van der Waals surface area contributed by atoms with Crippen molar-refractivity contribution >= 4 is 35.5 Å². The number of halogens is 1. The van der Waals surface area contributed by atoms with E-state index in [0.29, 0.717) is 47.8 Å². The maximum Gasteiger partial charge on any atom is 0.338 e. The zero-order valence-electron chi connectivity index (χ0n) is 22.2. The maximum absolute atomic E-state index is 13.8. The lowest BCUT2D eigenvalue weighted by Crippen LogP contribution is -2.50. The van der Waals surface area contributed by atoms with E-state index in [4.69, 9.17) is 16.3 Å². The van der Waals surface area contributed by atoms with Crippen molar-refractivity contribution in [3.63, 3.8) is 0 Å². The van der Waals surface area contributed by atoms with Gasteiger partial charge in [-0.15, -0.1) is 5.10 Å². The first-order valence-electron chi connectivity index (χ1n) is 13.0. The van der Waals surface area contributed by atoms with Crippen LogP contribution in [0.2, 0.25) is 5.02 Å². The van der Waals surface area contributed by atoms with Gasteiger partial charge in [-0.2, -0.15) is 4.68 Å². The first-order valence-corrected chi connectivity index (χ1v) is 13.3. The molecule has 1 aliphatic rings. The normalized spacial score (nSPS) is 13.5. The van der Waals surface area contributed by atoms with Crippen molar-refractivity contribution in [1.29, 1.82) is 0 Å². The Morgan fingerprint density at radius 1 is 1.10 bits per heavy atom. The SMILES string of the molecule is COC(=O)c1cccc2c1CCN(C(=O)[C@H](Cc1ccccc1)NC(=O)C=Cc1cc(Cl)ccc1-n1cnnn1)C2.